The van der Waals surface area contributed by atoms with Crippen LogP contribution in [0.25, 0.3) is 0 Å². The Labute approximate surface area is 201 Å². The summed E-state index contributed by atoms with van der Waals surface area (Å²) in [7, 11) is -3.05. The molecule has 0 spiro atoms. The fourth-order valence-electron chi connectivity index (χ4n) is 4.55. The molecular formula is C25H32N4O4S. The maximum atomic E-state index is 13.1. The largest absolute Gasteiger partial charge is 0.368 e. The molecule has 0 aliphatic carbocycles. The number of hydrogen-bond donors (Lipinski definition) is 1. The Morgan fingerprint density at radius 3 is 2.03 bits per heavy atom. The summed E-state index contributed by atoms with van der Waals surface area (Å²) in [6.07, 6.45) is 0.243. The number of anilines is 1. The molecule has 182 valence electrons. The van der Waals surface area contributed by atoms with Crippen molar-refractivity contribution in [2.75, 3.05) is 62.2 Å². The van der Waals surface area contributed by atoms with Crippen molar-refractivity contribution in [3.05, 3.63) is 66.2 Å². The highest BCUT2D eigenvalue weighted by Gasteiger charge is 2.32. The van der Waals surface area contributed by atoms with Crippen molar-refractivity contribution in [3.8, 4) is 0 Å². The van der Waals surface area contributed by atoms with Gasteiger partial charge in [0, 0.05) is 57.9 Å². The molecule has 2 saturated heterocycles. The number of benzene rings is 2. The van der Waals surface area contributed by atoms with Crippen molar-refractivity contribution in [2.24, 2.45) is 0 Å². The second-order valence-corrected chi connectivity index (χ2v) is 11.0. The molecule has 0 saturated carbocycles. The molecule has 8 nitrogen and oxygen atoms in total. The number of nitrogens with one attached hydrogen (secondary N) is 1. The number of rotatable bonds is 7. The van der Waals surface area contributed by atoms with E-state index in [0.717, 1.165) is 18.7 Å². The molecule has 2 aromatic rings. The first-order valence-electron chi connectivity index (χ1n) is 11.8. The predicted molar refractivity (Wildman–Crippen MR) is 132 cm³/mol. The number of sulfone groups is 1. The maximum absolute atomic E-state index is 13.1. The van der Waals surface area contributed by atoms with Crippen LogP contribution in [-0.4, -0.2) is 87.4 Å². The van der Waals surface area contributed by atoms with Crippen molar-refractivity contribution < 1.29 is 18.0 Å². The second-order valence-electron chi connectivity index (χ2n) is 8.75. The highest BCUT2D eigenvalue weighted by molar-refractivity contribution is 7.91. The molecule has 0 bridgehead atoms. The maximum Gasteiger partial charge on any atom is 0.241 e. The zero-order chi connectivity index (χ0) is 24.0. The van der Waals surface area contributed by atoms with Crippen LogP contribution in [0.5, 0.6) is 0 Å². The van der Waals surface area contributed by atoms with E-state index in [1.54, 1.807) is 0 Å². The van der Waals surface area contributed by atoms with E-state index in [0.29, 0.717) is 26.2 Å². The summed E-state index contributed by atoms with van der Waals surface area (Å²) in [5.41, 5.74) is 1.99. The molecule has 2 amide bonds. The van der Waals surface area contributed by atoms with Crippen LogP contribution in [0.3, 0.4) is 0 Å². The summed E-state index contributed by atoms with van der Waals surface area (Å²) in [6, 6.07) is 19.0. The van der Waals surface area contributed by atoms with Crippen LogP contribution in [0.1, 0.15) is 18.0 Å². The number of piperazine rings is 1. The summed E-state index contributed by atoms with van der Waals surface area (Å²) in [5, 5.41) is 2.92. The lowest BCUT2D eigenvalue weighted by molar-refractivity contribution is -0.131. The van der Waals surface area contributed by atoms with Crippen LogP contribution in [-0.2, 0) is 19.4 Å². The van der Waals surface area contributed by atoms with Crippen LogP contribution < -0.4 is 10.2 Å². The average Bonchev–Trinajstić information content (AvgIpc) is 2.86. The third-order valence-electron chi connectivity index (χ3n) is 6.50. The zero-order valence-corrected chi connectivity index (χ0v) is 20.1. The average molecular weight is 485 g/mol. The number of carbonyl (C=O) groups excluding carboxylic acids is 2. The topological polar surface area (TPSA) is 90.0 Å². The second kappa shape index (κ2) is 11.0. The van der Waals surface area contributed by atoms with E-state index in [1.807, 2.05) is 58.3 Å². The van der Waals surface area contributed by atoms with E-state index >= 15 is 0 Å². The molecule has 2 heterocycles. The smallest absolute Gasteiger partial charge is 0.241 e. The van der Waals surface area contributed by atoms with Crippen molar-refractivity contribution in [1.82, 2.24) is 15.1 Å². The minimum atomic E-state index is -3.05. The van der Waals surface area contributed by atoms with Gasteiger partial charge in [0.15, 0.2) is 9.84 Å². The molecule has 0 aromatic heterocycles. The highest BCUT2D eigenvalue weighted by atomic mass is 32.2. The van der Waals surface area contributed by atoms with Gasteiger partial charge in [-0.3, -0.25) is 14.5 Å². The summed E-state index contributed by atoms with van der Waals surface area (Å²) in [4.78, 5) is 31.9. The van der Waals surface area contributed by atoms with E-state index in [9.17, 15) is 18.0 Å². The fourth-order valence-corrected chi connectivity index (χ4v) is 5.78. The van der Waals surface area contributed by atoms with Gasteiger partial charge in [-0.05, 0) is 17.7 Å². The summed E-state index contributed by atoms with van der Waals surface area (Å²) in [6.45, 7) is 3.80. The van der Waals surface area contributed by atoms with Crippen molar-refractivity contribution in [2.45, 2.75) is 12.5 Å². The Bertz CT molecular complexity index is 1060. The van der Waals surface area contributed by atoms with Gasteiger partial charge in [0.25, 0.3) is 0 Å². The molecule has 1 unspecified atom stereocenters. The highest BCUT2D eigenvalue weighted by Crippen LogP contribution is 2.23. The van der Waals surface area contributed by atoms with Gasteiger partial charge in [-0.15, -0.1) is 0 Å². The molecule has 2 fully saturated rings. The molecule has 9 heteroatoms. The monoisotopic (exact) mass is 484 g/mol. The lowest BCUT2D eigenvalue weighted by atomic mass is 10.0. The summed E-state index contributed by atoms with van der Waals surface area (Å²) in [5.74, 6) is -0.0609. The van der Waals surface area contributed by atoms with Gasteiger partial charge < -0.3 is 15.1 Å². The van der Waals surface area contributed by atoms with Crippen LogP contribution in [0.2, 0.25) is 0 Å². The van der Waals surface area contributed by atoms with Crippen LogP contribution in [0, 0.1) is 0 Å². The minimum Gasteiger partial charge on any atom is -0.368 e. The van der Waals surface area contributed by atoms with E-state index in [-0.39, 0.29) is 36.3 Å². The van der Waals surface area contributed by atoms with E-state index in [4.69, 9.17) is 0 Å². The standard InChI is InChI=1S/C25H32N4O4S/c30-23(28-15-13-27(14-16-28)22-9-5-2-6-10-22)11-12-26-25(31)24(21-7-3-1-4-8-21)29-17-19-34(32,33)20-18-29/h1-10,24H,11-20H2,(H,26,31). The molecule has 2 aliphatic heterocycles. The molecule has 2 aliphatic rings. The fraction of sp³-hybridized carbons (Fsp3) is 0.440. The predicted octanol–water partition coefficient (Wildman–Crippen LogP) is 1.31. The third-order valence-corrected chi connectivity index (χ3v) is 8.11. The minimum absolute atomic E-state index is 0.0355. The van der Waals surface area contributed by atoms with E-state index < -0.39 is 15.9 Å². The molecule has 4 rings (SSSR count). The van der Waals surface area contributed by atoms with E-state index in [1.165, 1.54) is 5.69 Å². The van der Waals surface area contributed by atoms with Gasteiger partial charge in [-0.1, -0.05) is 48.5 Å². The number of amides is 2. The Balaban J connectivity index is 1.28. The Morgan fingerprint density at radius 2 is 1.41 bits per heavy atom. The van der Waals surface area contributed by atoms with Gasteiger partial charge in [0.05, 0.1) is 11.5 Å². The number of carbonyl (C=O) groups is 2. The Morgan fingerprint density at radius 1 is 0.824 bits per heavy atom. The quantitative estimate of drug-likeness (QED) is 0.638. The first-order chi connectivity index (χ1) is 16.4. The third kappa shape index (κ3) is 6.15. The van der Waals surface area contributed by atoms with Crippen molar-refractivity contribution in [3.63, 3.8) is 0 Å². The van der Waals surface area contributed by atoms with Gasteiger partial charge >= 0.3 is 0 Å². The normalized spacial score (nSPS) is 19.4. The van der Waals surface area contributed by atoms with Crippen molar-refractivity contribution >= 4 is 27.3 Å². The van der Waals surface area contributed by atoms with Crippen molar-refractivity contribution in [1.29, 1.82) is 0 Å². The van der Waals surface area contributed by atoms with Gasteiger partial charge in [-0.25, -0.2) is 8.42 Å². The summed E-state index contributed by atoms with van der Waals surface area (Å²) >= 11 is 0. The number of nitrogens with zero attached hydrogens (tertiary/aromatic N) is 3. The Kier molecular flexibility index (Phi) is 7.84. The number of hydrogen-bond acceptors (Lipinski definition) is 6. The lowest BCUT2D eigenvalue weighted by Gasteiger charge is -2.36. The summed E-state index contributed by atoms with van der Waals surface area (Å²) < 4.78 is 23.7. The van der Waals surface area contributed by atoms with Crippen LogP contribution in [0.15, 0.2) is 60.7 Å². The molecule has 0 radical (unpaired) electrons. The zero-order valence-electron chi connectivity index (χ0n) is 19.3. The van der Waals surface area contributed by atoms with Crippen LogP contribution >= 0.6 is 0 Å². The molecule has 1 atom stereocenters. The number of para-hydroxylation sites is 1. The first kappa shape index (κ1) is 24.2. The van der Waals surface area contributed by atoms with Gasteiger partial charge in [-0.2, -0.15) is 0 Å². The first-order valence-corrected chi connectivity index (χ1v) is 13.6. The molecule has 34 heavy (non-hydrogen) atoms. The van der Waals surface area contributed by atoms with Crippen LogP contribution in [0.4, 0.5) is 5.69 Å². The molecule has 1 N–H and O–H groups in total. The Hall–Kier alpha value is -2.91. The molecular weight excluding hydrogens is 452 g/mol. The van der Waals surface area contributed by atoms with Gasteiger partial charge in [0.1, 0.15) is 6.04 Å². The van der Waals surface area contributed by atoms with E-state index in [2.05, 4.69) is 22.3 Å². The van der Waals surface area contributed by atoms with Gasteiger partial charge in [0.2, 0.25) is 11.8 Å². The SMILES string of the molecule is O=C(NCCC(=O)N1CCN(c2ccccc2)CC1)C(c1ccccc1)N1CCS(=O)(=O)CC1. The molecule has 2 aromatic carbocycles. The lowest BCUT2D eigenvalue weighted by Crippen LogP contribution is -2.50.